The number of aliphatic imine (C=N–C) groups is 1. The van der Waals surface area contributed by atoms with Crippen LogP contribution in [0.3, 0.4) is 0 Å². The van der Waals surface area contributed by atoms with Gasteiger partial charge in [0.1, 0.15) is 6.07 Å². The Morgan fingerprint density at radius 1 is 1.83 bits per heavy atom. The van der Waals surface area contributed by atoms with Crippen molar-refractivity contribution in [3.63, 3.8) is 0 Å². The van der Waals surface area contributed by atoms with Gasteiger partial charge in [0.25, 0.3) is 5.56 Å². The van der Waals surface area contributed by atoms with E-state index in [1.54, 1.807) is 6.07 Å². The molecule has 6 heteroatoms. The van der Waals surface area contributed by atoms with Gasteiger partial charge in [-0.25, -0.2) is 0 Å². The molecule has 0 amide bonds. The average molecular weight is 182 g/mol. The Morgan fingerprint density at radius 3 is 3.00 bits per heavy atom. The first kappa shape index (κ1) is 8.49. The maximum Gasteiger partial charge on any atom is 0.278 e. The number of nitriles is 1. The Labute approximate surface area is 71.8 Å². The van der Waals surface area contributed by atoms with Gasteiger partial charge in [-0.2, -0.15) is 5.26 Å². The van der Waals surface area contributed by atoms with Crippen LogP contribution in [0.5, 0.6) is 0 Å². The second kappa shape index (κ2) is 3.19. The zero-order valence-electron chi connectivity index (χ0n) is 6.12. The van der Waals surface area contributed by atoms with E-state index in [0.717, 1.165) is 11.5 Å². The molecule has 0 unspecified atom stereocenters. The van der Waals surface area contributed by atoms with Gasteiger partial charge in [-0.05, 0) is 24.4 Å². The van der Waals surface area contributed by atoms with Crippen molar-refractivity contribution in [3.8, 4) is 6.07 Å². The van der Waals surface area contributed by atoms with Crippen molar-refractivity contribution in [1.82, 2.24) is 4.37 Å². The Bertz CT molecular complexity index is 405. The first-order valence-electron chi connectivity index (χ1n) is 2.99. The van der Waals surface area contributed by atoms with Crippen molar-refractivity contribution in [2.24, 2.45) is 4.99 Å². The smallest absolute Gasteiger partial charge is 0.278 e. The summed E-state index contributed by atoms with van der Waals surface area (Å²) in [5.41, 5.74) is -0.599. The van der Waals surface area contributed by atoms with E-state index in [4.69, 9.17) is 5.26 Å². The van der Waals surface area contributed by atoms with Crippen molar-refractivity contribution in [2.45, 2.75) is 6.92 Å². The summed E-state index contributed by atoms with van der Waals surface area (Å²) in [7, 11) is 0. The molecule has 0 atom stereocenters. The monoisotopic (exact) mass is 182 g/mol. The maximum atomic E-state index is 10.8. The van der Waals surface area contributed by atoms with Crippen LogP contribution in [0.15, 0.2) is 9.79 Å². The quantitative estimate of drug-likeness (QED) is 0.478. The van der Waals surface area contributed by atoms with Gasteiger partial charge in [-0.15, -0.1) is 0 Å². The Morgan fingerprint density at radius 2 is 2.50 bits per heavy atom. The first-order valence-corrected chi connectivity index (χ1v) is 3.80. The van der Waals surface area contributed by atoms with Gasteiger partial charge in [0.2, 0.25) is 0 Å². The summed E-state index contributed by atoms with van der Waals surface area (Å²) in [4.78, 5) is 14.3. The lowest BCUT2D eigenvalue weighted by Crippen LogP contribution is -2.11. The van der Waals surface area contributed by atoms with Crippen molar-refractivity contribution in [3.05, 3.63) is 15.9 Å². The van der Waals surface area contributed by atoms with Crippen molar-refractivity contribution < 1.29 is 5.11 Å². The van der Waals surface area contributed by atoms with Crippen LogP contribution in [0.4, 0.5) is 5.00 Å². The van der Waals surface area contributed by atoms with Crippen molar-refractivity contribution >= 4 is 22.4 Å². The SMILES string of the molecule is CC([O-])=Nc1s[nH]c(=O)c1C#N. The molecule has 5 nitrogen and oxygen atoms in total. The molecule has 12 heavy (non-hydrogen) atoms. The van der Waals surface area contributed by atoms with E-state index in [1.165, 1.54) is 6.92 Å². The average Bonchev–Trinajstić information content (AvgIpc) is 2.30. The van der Waals surface area contributed by atoms with Gasteiger partial charge in [0.15, 0.2) is 10.6 Å². The van der Waals surface area contributed by atoms with E-state index in [1.807, 2.05) is 0 Å². The van der Waals surface area contributed by atoms with Crippen LogP contribution in [0.25, 0.3) is 0 Å². The minimum absolute atomic E-state index is 0.102. The molecule has 0 saturated heterocycles. The molecule has 0 aliphatic rings. The molecule has 0 aromatic carbocycles. The molecule has 1 aromatic heterocycles. The van der Waals surface area contributed by atoms with Crippen LogP contribution in [0, 0.1) is 11.3 Å². The fraction of sp³-hybridized carbons (Fsp3) is 0.167. The van der Waals surface area contributed by atoms with Crippen LogP contribution in [0.1, 0.15) is 12.5 Å². The van der Waals surface area contributed by atoms with Crippen molar-refractivity contribution in [2.75, 3.05) is 0 Å². The third kappa shape index (κ3) is 1.52. The normalized spacial score (nSPS) is 11.2. The van der Waals surface area contributed by atoms with Gasteiger partial charge in [0.05, 0.1) is 0 Å². The molecule has 1 aromatic rings. The summed E-state index contributed by atoms with van der Waals surface area (Å²) in [6, 6.07) is 1.67. The number of nitrogens with one attached hydrogen (secondary N) is 1. The van der Waals surface area contributed by atoms with E-state index in [2.05, 4.69) is 9.37 Å². The zero-order valence-corrected chi connectivity index (χ0v) is 6.94. The highest BCUT2D eigenvalue weighted by atomic mass is 32.1. The first-order chi connectivity index (χ1) is 5.65. The highest BCUT2D eigenvalue weighted by molar-refractivity contribution is 7.10. The maximum absolute atomic E-state index is 10.8. The predicted octanol–water partition coefficient (Wildman–Crippen LogP) is -0.282. The molecule has 0 radical (unpaired) electrons. The molecule has 1 rings (SSSR count). The number of nitrogens with zero attached hydrogens (tertiary/aromatic N) is 2. The number of aromatic amines is 1. The van der Waals surface area contributed by atoms with Crippen molar-refractivity contribution in [1.29, 1.82) is 5.26 Å². The Balaban J connectivity index is 3.28. The summed E-state index contributed by atoms with van der Waals surface area (Å²) in [5.74, 6) is -0.429. The fourth-order valence-electron chi connectivity index (χ4n) is 0.614. The minimum atomic E-state index is -0.498. The Hall–Kier alpha value is -1.61. The summed E-state index contributed by atoms with van der Waals surface area (Å²) < 4.78 is 2.31. The second-order valence-electron chi connectivity index (χ2n) is 1.96. The molecule has 62 valence electrons. The molecule has 0 fully saturated rings. The van der Waals surface area contributed by atoms with Crippen LogP contribution in [-0.4, -0.2) is 10.3 Å². The number of aromatic nitrogens is 1. The summed E-state index contributed by atoms with van der Waals surface area (Å²) in [5, 5.41) is 19.1. The summed E-state index contributed by atoms with van der Waals surface area (Å²) in [6.07, 6.45) is 0. The largest absolute Gasteiger partial charge is 0.862 e. The summed E-state index contributed by atoms with van der Waals surface area (Å²) >= 11 is 0.882. The van der Waals surface area contributed by atoms with E-state index in [-0.39, 0.29) is 10.6 Å². The number of hydrogen-bond donors (Lipinski definition) is 1. The number of H-pyrrole nitrogens is 1. The molecule has 1 heterocycles. The third-order valence-electron chi connectivity index (χ3n) is 1.05. The molecule has 0 spiro atoms. The lowest BCUT2D eigenvalue weighted by atomic mass is 10.4. The standard InChI is InChI=1S/C6H5N3O2S/c1-3(10)8-6-4(2-7)5(11)9-12-6/h1H3,(H,8,10)(H,9,11)/p-1. The molecule has 0 bridgehead atoms. The molecule has 0 aliphatic carbocycles. The highest BCUT2D eigenvalue weighted by Gasteiger charge is 2.06. The van der Waals surface area contributed by atoms with E-state index >= 15 is 0 Å². The number of hydrogen-bond acceptors (Lipinski definition) is 5. The van der Waals surface area contributed by atoms with E-state index in [0.29, 0.717) is 0 Å². The number of rotatable bonds is 1. The molecular formula is C6H4N3O2S-. The van der Waals surface area contributed by atoms with Gasteiger partial charge in [-0.1, -0.05) is 0 Å². The van der Waals surface area contributed by atoms with E-state index < -0.39 is 11.5 Å². The minimum Gasteiger partial charge on any atom is -0.862 e. The summed E-state index contributed by atoms with van der Waals surface area (Å²) in [6.45, 7) is 1.26. The van der Waals surface area contributed by atoms with Crippen LogP contribution in [-0.2, 0) is 0 Å². The Kier molecular flexibility index (Phi) is 2.26. The molecular weight excluding hydrogens is 178 g/mol. The topological polar surface area (TPSA) is 92.1 Å². The second-order valence-corrected chi connectivity index (χ2v) is 2.75. The van der Waals surface area contributed by atoms with Gasteiger partial charge >= 0.3 is 0 Å². The molecule has 0 aliphatic heterocycles. The van der Waals surface area contributed by atoms with Gasteiger partial charge in [0, 0.05) is 0 Å². The van der Waals surface area contributed by atoms with E-state index in [9.17, 15) is 9.90 Å². The fourth-order valence-corrected chi connectivity index (χ4v) is 1.32. The zero-order chi connectivity index (χ0) is 9.14. The third-order valence-corrected chi connectivity index (χ3v) is 1.83. The van der Waals surface area contributed by atoms with Crippen LogP contribution >= 0.6 is 11.5 Å². The van der Waals surface area contributed by atoms with Gasteiger partial charge in [-0.3, -0.25) is 14.2 Å². The lowest BCUT2D eigenvalue weighted by Gasteiger charge is -1.98. The molecule has 1 N–H and O–H groups in total. The van der Waals surface area contributed by atoms with Crippen LogP contribution < -0.4 is 10.7 Å². The molecule has 0 saturated carbocycles. The van der Waals surface area contributed by atoms with Gasteiger partial charge < -0.3 is 5.11 Å². The van der Waals surface area contributed by atoms with Crippen LogP contribution in [0.2, 0.25) is 0 Å². The predicted molar refractivity (Wildman–Crippen MR) is 42.4 cm³/mol. The highest BCUT2D eigenvalue weighted by Crippen LogP contribution is 2.18. The lowest BCUT2D eigenvalue weighted by molar-refractivity contribution is -0.215.